The molecule has 0 N–H and O–H groups in total. The van der Waals surface area contributed by atoms with E-state index in [4.69, 9.17) is 16.1 Å². The summed E-state index contributed by atoms with van der Waals surface area (Å²) in [4.78, 5) is 4.77. The van der Waals surface area contributed by atoms with Gasteiger partial charge in [-0.3, -0.25) is 0 Å². The molecule has 2 aromatic carbocycles. The first kappa shape index (κ1) is 19.6. The predicted molar refractivity (Wildman–Crippen MR) is 110 cm³/mol. The van der Waals surface area contributed by atoms with Crippen LogP contribution < -0.4 is 0 Å². The van der Waals surface area contributed by atoms with Gasteiger partial charge in [-0.05, 0) is 61.4 Å². The maximum Gasteiger partial charge on any atom is 0.243 e. The van der Waals surface area contributed by atoms with Crippen LogP contribution in [0.1, 0.15) is 24.7 Å². The van der Waals surface area contributed by atoms with Gasteiger partial charge in [0.25, 0.3) is 0 Å². The predicted octanol–water partition coefficient (Wildman–Crippen LogP) is 4.72. The Bertz CT molecular complexity index is 1070. The van der Waals surface area contributed by atoms with Crippen molar-refractivity contribution in [3.63, 3.8) is 0 Å². The molecule has 28 heavy (non-hydrogen) atoms. The Morgan fingerprint density at radius 2 is 1.82 bits per heavy atom. The second-order valence-corrected chi connectivity index (χ2v) is 9.91. The number of aromatic nitrogens is 2. The molecule has 6 nitrogen and oxygen atoms in total. The summed E-state index contributed by atoms with van der Waals surface area (Å²) < 4.78 is 33.7. The summed E-state index contributed by atoms with van der Waals surface area (Å²) in [5.41, 5.74) is 0.801. The largest absolute Gasteiger partial charge is 0.339 e. The molecular formula is C19H17BrClN3O3S. The van der Waals surface area contributed by atoms with Gasteiger partial charge >= 0.3 is 0 Å². The molecule has 1 aliphatic heterocycles. The molecule has 1 fully saturated rings. The van der Waals surface area contributed by atoms with Crippen LogP contribution in [0.15, 0.2) is 62.4 Å². The average Bonchev–Trinajstić information content (AvgIpc) is 3.19. The molecule has 0 aliphatic carbocycles. The van der Waals surface area contributed by atoms with E-state index in [1.165, 1.54) is 4.31 Å². The zero-order valence-corrected chi connectivity index (χ0v) is 17.9. The lowest BCUT2D eigenvalue weighted by Gasteiger charge is -2.30. The Kier molecular flexibility index (Phi) is 5.55. The standard InChI is InChI=1S/C19H17BrClN3O3S/c20-15-5-9-17(10-6-15)28(25,26)24-11-1-2-14(12-24)19-22-18(23-27-19)13-3-7-16(21)8-4-13/h3-10,14H,1-2,11-12H2/t14-/m0/s1. The summed E-state index contributed by atoms with van der Waals surface area (Å²) in [5, 5.41) is 4.68. The molecule has 146 valence electrons. The SMILES string of the molecule is O=S(=O)(c1ccc(Br)cc1)N1CCC[C@H](c2nc(-c3ccc(Cl)cc3)no2)C1. The van der Waals surface area contributed by atoms with E-state index in [1.807, 2.05) is 12.1 Å². The van der Waals surface area contributed by atoms with Crippen LogP contribution in [0.2, 0.25) is 5.02 Å². The van der Waals surface area contributed by atoms with E-state index >= 15 is 0 Å². The molecule has 3 aromatic rings. The molecule has 0 radical (unpaired) electrons. The Hall–Kier alpha value is -1.74. The Morgan fingerprint density at radius 3 is 2.54 bits per heavy atom. The second kappa shape index (κ2) is 7.94. The number of hydrogen-bond donors (Lipinski definition) is 0. The lowest BCUT2D eigenvalue weighted by atomic mass is 10.00. The van der Waals surface area contributed by atoms with Crippen molar-refractivity contribution in [3.05, 3.63) is 63.9 Å². The van der Waals surface area contributed by atoms with E-state index in [2.05, 4.69) is 26.1 Å². The van der Waals surface area contributed by atoms with Gasteiger partial charge in [0.05, 0.1) is 10.8 Å². The molecule has 0 spiro atoms. The van der Waals surface area contributed by atoms with Crippen molar-refractivity contribution in [2.45, 2.75) is 23.7 Å². The zero-order chi connectivity index (χ0) is 19.7. The molecule has 0 amide bonds. The highest BCUT2D eigenvalue weighted by atomic mass is 79.9. The summed E-state index contributed by atoms with van der Waals surface area (Å²) in [6, 6.07) is 13.8. The minimum Gasteiger partial charge on any atom is -0.339 e. The van der Waals surface area contributed by atoms with Crippen LogP contribution in [0.3, 0.4) is 0 Å². The zero-order valence-electron chi connectivity index (χ0n) is 14.8. The number of halogens is 2. The van der Waals surface area contributed by atoms with Crippen molar-refractivity contribution in [3.8, 4) is 11.4 Å². The molecule has 1 aromatic heterocycles. The summed E-state index contributed by atoms with van der Waals surface area (Å²) in [6.07, 6.45) is 1.54. The highest BCUT2D eigenvalue weighted by Gasteiger charge is 2.33. The average molecular weight is 483 g/mol. The van der Waals surface area contributed by atoms with Gasteiger partial charge in [-0.2, -0.15) is 9.29 Å². The summed E-state index contributed by atoms with van der Waals surface area (Å²) in [7, 11) is -3.56. The van der Waals surface area contributed by atoms with E-state index in [9.17, 15) is 8.42 Å². The van der Waals surface area contributed by atoms with Crippen LogP contribution >= 0.6 is 27.5 Å². The van der Waals surface area contributed by atoms with E-state index in [0.29, 0.717) is 29.8 Å². The second-order valence-electron chi connectivity index (χ2n) is 6.62. The van der Waals surface area contributed by atoms with Crippen LogP contribution in [0.4, 0.5) is 0 Å². The highest BCUT2D eigenvalue weighted by molar-refractivity contribution is 9.10. The maximum atomic E-state index is 13.0. The Labute approximate surface area is 176 Å². The van der Waals surface area contributed by atoms with Crippen LogP contribution in [-0.4, -0.2) is 36.0 Å². The molecule has 1 atom stereocenters. The summed E-state index contributed by atoms with van der Waals surface area (Å²) >= 11 is 9.25. The first-order valence-electron chi connectivity index (χ1n) is 8.79. The monoisotopic (exact) mass is 481 g/mol. The van der Waals surface area contributed by atoms with Crippen LogP contribution in [0, 0.1) is 0 Å². The van der Waals surface area contributed by atoms with Gasteiger partial charge in [-0.15, -0.1) is 0 Å². The normalized spacial score (nSPS) is 18.3. The first-order valence-corrected chi connectivity index (χ1v) is 11.4. The fraction of sp³-hybridized carbons (Fsp3) is 0.263. The van der Waals surface area contributed by atoms with Crippen molar-refractivity contribution in [1.29, 1.82) is 0 Å². The topological polar surface area (TPSA) is 76.3 Å². The fourth-order valence-electron chi connectivity index (χ4n) is 3.24. The number of hydrogen-bond acceptors (Lipinski definition) is 5. The molecular weight excluding hydrogens is 466 g/mol. The van der Waals surface area contributed by atoms with Gasteiger partial charge in [-0.1, -0.05) is 32.7 Å². The Morgan fingerprint density at radius 1 is 1.11 bits per heavy atom. The molecule has 4 rings (SSSR count). The lowest BCUT2D eigenvalue weighted by Crippen LogP contribution is -2.39. The van der Waals surface area contributed by atoms with Gasteiger partial charge in [-0.25, -0.2) is 8.42 Å². The lowest BCUT2D eigenvalue weighted by molar-refractivity contribution is 0.265. The summed E-state index contributed by atoms with van der Waals surface area (Å²) in [5.74, 6) is 0.799. The molecule has 0 saturated carbocycles. The first-order chi connectivity index (χ1) is 13.4. The fourth-order valence-corrected chi connectivity index (χ4v) is 5.15. The molecule has 1 saturated heterocycles. The van der Waals surface area contributed by atoms with E-state index in [0.717, 1.165) is 22.9 Å². The third-order valence-electron chi connectivity index (χ3n) is 4.73. The number of sulfonamides is 1. The van der Waals surface area contributed by atoms with Crippen molar-refractivity contribution in [2.24, 2.45) is 0 Å². The van der Waals surface area contributed by atoms with Crippen LogP contribution in [0.25, 0.3) is 11.4 Å². The van der Waals surface area contributed by atoms with Gasteiger partial charge in [0.2, 0.25) is 21.7 Å². The third-order valence-corrected chi connectivity index (χ3v) is 7.39. The van der Waals surface area contributed by atoms with Gasteiger partial charge in [0.1, 0.15) is 0 Å². The molecule has 0 unspecified atom stereocenters. The van der Waals surface area contributed by atoms with Gasteiger partial charge in [0.15, 0.2) is 0 Å². The van der Waals surface area contributed by atoms with Gasteiger partial charge < -0.3 is 4.52 Å². The molecule has 0 bridgehead atoms. The molecule has 1 aliphatic rings. The number of nitrogens with zero attached hydrogens (tertiary/aromatic N) is 3. The van der Waals surface area contributed by atoms with E-state index in [1.54, 1.807) is 36.4 Å². The number of rotatable bonds is 4. The van der Waals surface area contributed by atoms with Crippen LogP contribution in [-0.2, 0) is 10.0 Å². The van der Waals surface area contributed by atoms with E-state index < -0.39 is 10.0 Å². The molecule has 9 heteroatoms. The van der Waals surface area contributed by atoms with E-state index in [-0.39, 0.29) is 10.8 Å². The maximum absolute atomic E-state index is 13.0. The van der Waals surface area contributed by atoms with Crippen molar-refractivity contribution in [1.82, 2.24) is 14.4 Å². The third kappa shape index (κ3) is 4.00. The minimum absolute atomic E-state index is 0.132. The van der Waals surface area contributed by atoms with Crippen LogP contribution in [0.5, 0.6) is 0 Å². The van der Waals surface area contributed by atoms with Gasteiger partial charge in [0, 0.05) is 28.1 Å². The number of benzene rings is 2. The van der Waals surface area contributed by atoms with Crippen molar-refractivity contribution >= 4 is 37.6 Å². The summed E-state index contributed by atoms with van der Waals surface area (Å²) in [6.45, 7) is 0.799. The Balaban J connectivity index is 1.54. The number of piperidine rings is 1. The minimum atomic E-state index is -3.56. The highest BCUT2D eigenvalue weighted by Crippen LogP contribution is 2.31. The quantitative estimate of drug-likeness (QED) is 0.538. The van der Waals surface area contributed by atoms with Crippen molar-refractivity contribution in [2.75, 3.05) is 13.1 Å². The van der Waals surface area contributed by atoms with Crippen molar-refractivity contribution < 1.29 is 12.9 Å². The molecule has 2 heterocycles. The smallest absolute Gasteiger partial charge is 0.243 e.